The first-order valence-electron chi connectivity index (χ1n) is 5.69. The van der Waals surface area contributed by atoms with Gasteiger partial charge in [-0.2, -0.15) is 0 Å². The summed E-state index contributed by atoms with van der Waals surface area (Å²) in [4.78, 5) is 13.4. The van der Waals surface area contributed by atoms with Crippen LogP contribution in [0.4, 0.5) is 0 Å². The minimum atomic E-state index is -3.96. The van der Waals surface area contributed by atoms with Crippen LogP contribution in [0.25, 0.3) is 0 Å². The van der Waals surface area contributed by atoms with Gasteiger partial charge in [-0.25, -0.2) is 8.42 Å². The Morgan fingerprint density at radius 1 is 1.42 bits per heavy atom. The zero-order valence-electron chi connectivity index (χ0n) is 11.0. The van der Waals surface area contributed by atoms with E-state index in [0.717, 1.165) is 6.42 Å². The molecule has 106 valence electrons. The Kier molecular flexibility index (Phi) is 5.20. The van der Waals surface area contributed by atoms with Gasteiger partial charge in [-0.15, -0.1) is 0 Å². The minimum Gasteiger partial charge on any atom is -0.495 e. The number of amides is 1. The minimum absolute atomic E-state index is 0.115. The van der Waals surface area contributed by atoms with Crippen molar-refractivity contribution < 1.29 is 17.9 Å². The fourth-order valence-corrected chi connectivity index (χ4v) is 2.68. The summed E-state index contributed by atoms with van der Waals surface area (Å²) in [7, 11) is 4.36. The summed E-state index contributed by atoms with van der Waals surface area (Å²) in [6.07, 6.45) is 0.819. The molecule has 0 fully saturated rings. The molecule has 0 N–H and O–H groups in total. The molecule has 0 aliphatic heterocycles. The standard InChI is InChI=1S/C12H16ClNO4S/c1-4-7-14(2)12(15)9-5-6-10(18-3)11(8-9)19(13,16)17/h5-6,8H,4,7H2,1-3H3. The maximum Gasteiger partial charge on any atom is 0.265 e. The third-order valence-corrected chi connectivity index (χ3v) is 3.92. The second kappa shape index (κ2) is 6.25. The summed E-state index contributed by atoms with van der Waals surface area (Å²) < 4.78 is 27.8. The molecular weight excluding hydrogens is 290 g/mol. The summed E-state index contributed by atoms with van der Waals surface area (Å²) in [6, 6.07) is 4.16. The molecule has 1 rings (SSSR count). The van der Waals surface area contributed by atoms with Crippen LogP contribution in [0.3, 0.4) is 0 Å². The number of carbonyl (C=O) groups excluding carboxylic acids is 1. The number of methoxy groups -OCH3 is 1. The Morgan fingerprint density at radius 2 is 2.05 bits per heavy atom. The smallest absolute Gasteiger partial charge is 0.265 e. The molecule has 0 aliphatic rings. The van der Waals surface area contributed by atoms with Crippen molar-refractivity contribution in [2.75, 3.05) is 20.7 Å². The van der Waals surface area contributed by atoms with E-state index in [1.54, 1.807) is 7.05 Å². The van der Waals surface area contributed by atoms with Crippen LogP contribution in [0.15, 0.2) is 23.1 Å². The highest BCUT2D eigenvalue weighted by atomic mass is 35.7. The van der Waals surface area contributed by atoms with E-state index in [0.29, 0.717) is 6.54 Å². The highest BCUT2D eigenvalue weighted by Crippen LogP contribution is 2.28. The number of hydrogen-bond donors (Lipinski definition) is 0. The van der Waals surface area contributed by atoms with Crippen LogP contribution in [0.5, 0.6) is 5.75 Å². The topological polar surface area (TPSA) is 63.7 Å². The Hall–Kier alpha value is -1.27. The molecule has 0 spiro atoms. The fraction of sp³-hybridized carbons (Fsp3) is 0.417. The average Bonchev–Trinajstić information content (AvgIpc) is 2.36. The van der Waals surface area contributed by atoms with Crippen molar-refractivity contribution in [3.05, 3.63) is 23.8 Å². The SMILES string of the molecule is CCCN(C)C(=O)c1ccc(OC)c(S(=O)(=O)Cl)c1. The summed E-state index contributed by atoms with van der Waals surface area (Å²) in [6.45, 7) is 2.54. The van der Waals surface area contributed by atoms with Crippen molar-refractivity contribution in [3.8, 4) is 5.75 Å². The number of nitrogens with zero attached hydrogens (tertiary/aromatic N) is 1. The number of carbonyl (C=O) groups is 1. The van der Waals surface area contributed by atoms with Gasteiger partial charge in [-0.1, -0.05) is 6.92 Å². The predicted octanol–water partition coefficient (Wildman–Crippen LogP) is 2.10. The first-order chi connectivity index (χ1) is 8.81. The summed E-state index contributed by atoms with van der Waals surface area (Å²) >= 11 is 0. The van der Waals surface area contributed by atoms with E-state index in [4.69, 9.17) is 15.4 Å². The summed E-state index contributed by atoms with van der Waals surface area (Å²) in [5.74, 6) is -0.143. The lowest BCUT2D eigenvalue weighted by Gasteiger charge is -2.16. The molecule has 1 amide bonds. The van der Waals surface area contributed by atoms with E-state index < -0.39 is 9.05 Å². The molecule has 0 radical (unpaired) electrons. The number of ether oxygens (including phenoxy) is 1. The van der Waals surface area contributed by atoms with Crippen LogP contribution in [0.2, 0.25) is 0 Å². The lowest BCUT2D eigenvalue weighted by Crippen LogP contribution is -2.27. The van der Waals surface area contributed by atoms with Crippen LogP contribution in [-0.4, -0.2) is 39.9 Å². The molecule has 0 bridgehead atoms. The second-order valence-electron chi connectivity index (χ2n) is 4.03. The molecular formula is C12H16ClNO4S. The van der Waals surface area contributed by atoms with Crippen LogP contribution in [-0.2, 0) is 9.05 Å². The molecule has 0 saturated heterocycles. The molecule has 0 unspecified atom stereocenters. The number of rotatable bonds is 5. The molecule has 0 atom stereocenters. The number of hydrogen-bond acceptors (Lipinski definition) is 4. The van der Waals surface area contributed by atoms with Crippen molar-refractivity contribution in [2.24, 2.45) is 0 Å². The van der Waals surface area contributed by atoms with Gasteiger partial charge in [0.05, 0.1) is 7.11 Å². The van der Waals surface area contributed by atoms with Crippen molar-refractivity contribution in [3.63, 3.8) is 0 Å². The van der Waals surface area contributed by atoms with Crippen LogP contribution >= 0.6 is 10.7 Å². The third-order valence-electron chi connectivity index (χ3n) is 2.58. The molecule has 0 aliphatic carbocycles. The average molecular weight is 306 g/mol. The van der Waals surface area contributed by atoms with Gasteiger partial charge in [0.25, 0.3) is 15.0 Å². The maximum absolute atomic E-state index is 12.1. The van der Waals surface area contributed by atoms with E-state index in [2.05, 4.69) is 0 Å². The molecule has 19 heavy (non-hydrogen) atoms. The molecule has 0 saturated carbocycles. The van der Waals surface area contributed by atoms with E-state index >= 15 is 0 Å². The lowest BCUT2D eigenvalue weighted by atomic mass is 10.2. The molecule has 5 nitrogen and oxygen atoms in total. The molecule has 7 heteroatoms. The van der Waals surface area contributed by atoms with Gasteiger partial charge < -0.3 is 9.64 Å². The van der Waals surface area contributed by atoms with E-state index in [1.165, 1.54) is 30.2 Å². The van der Waals surface area contributed by atoms with E-state index in [9.17, 15) is 13.2 Å². The van der Waals surface area contributed by atoms with Gasteiger partial charge in [0.2, 0.25) is 0 Å². The van der Waals surface area contributed by atoms with Crippen LogP contribution < -0.4 is 4.74 Å². The second-order valence-corrected chi connectivity index (χ2v) is 6.56. The molecule has 1 aromatic carbocycles. The Balaban J connectivity index is 3.23. The van der Waals surface area contributed by atoms with Crippen molar-refractivity contribution in [1.29, 1.82) is 0 Å². The lowest BCUT2D eigenvalue weighted by molar-refractivity contribution is 0.0795. The Labute approximate surface area is 117 Å². The highest BCUT2D eigenvalue weighted by Gasteiger charge is 2.20. The van der Waals surface area contributed by atoms with Crippen molar-refractivity contribution >= 4 is 25.6 Å². The molecule has 0 aromatic heterocycles. The van der Waals surface area contributed by atoms with Gasteiger partial charge in [0.15, 0.2) is 0 Å². The quantitative estimate of drug-likeness (QED) is 0.782. The molecule has 0 heterocycles. The van der Waals surface area contributed by atoms with Gasteiger partial charge in [0, 0.05) is 29.8 Å². The van der Waals surface area contributed by atoms with Crippen molar-refractivity contribution in [1.82, 2.24) is 4.90 Å². The Morgan fingerprint density at radius 3 is 2.53 bits per heavy atom. The van der Waals surface area contributed by atoms with Gasteiger partial charge >= 0.3 is 0 Å². The first kappa shape index (κ1) is 15.8. The zero-order chi connectivity index (χ0) is 14.6. The largest absolute Gasteiger partial charge is 0.495 e. The van der Waals surface area contributed by atoms with E-state index in [1.807, 2.05) is 6.92 Å². The van der Waals surface area contributed by atoms with Gasteiger partial charge in [-0.3, -0.25) is 4.79 Å². The molecule has 1 aromatic rings. The fourth-order valence-electron chi connectivity index (χ4n) is 1.66. The van der Waals surface area contributed by atoms with Crippen LogP contribution in [0, 0.1) is 0 Å². The van der Waals surface area contributed by atoms with Crippen molar-refractivity contribution in [2.45, 2.75) is 18.2 Å². The van der Waals surface area contributed by atoms with Gasteiger partial charge in [-0.05, 0) is 24.6 Å². The normalized spacial score (nSPS) is 11.2. The number of halogens is 1. The third kappa shape index (κ3) is 3.84. The van der Waals surface area contributed by atoms with Crippen LogP contribution in [0.1, 0.15) is 23.7 Å². The monoisotopic (exact) mass is 305 g/mol. The highest BCUT2D eigenvalue weighted by molar-refractivity contribution is 8.13. The summed E-state index contributed by atoms with van der Waals surface area (Å²) in [5.41, 5.74) is 0.260. The number of benzene rings is 1. The Bertz CT molecular complexity index is 571. The maximum atomic E-state index is 12.1. The zero-order valence-corrected chi connectivity index (χ0v) is 12.6. The first-order valence-corrected chi connectivity index (χ1v) is 8.00. The predicted molar refractivity (Wildman–Crippen MR) is 73.3 cm³/mol. The van der Waals surface area contributed by atoms with E-state index in [-0.39, 0.29) is 22.1 Å². The van der Waals surface area contributed by atoms with Gasteiger partial charge in [0.1, 0.15) is 10.6 Å². The summed E-state index contributed by atoms with van der Waals surface area (Å²) in [5, 5.41) is 0.